The quantitative estimate of drug-likeness (QED) is 0.870. The third-order valence-electron chi connectivity index (χ3n) is 3.02. The Balaban J connectivity index is 2.48. The number of hydrogen-bond donors (Lipinski definition) is 1. The van der Waals surface area contributed by atoms with Gasteiger partial charge in [-0.3, -0.25) is 0 Å². The summed E-state index contributed by atoms with van der Waals surface area (Å²) in [6.07, 6.45) is 0.801. The Bertz CT molecular complexity index is 552. The van der Waals surface area contributed by atoms with Crippen LogP contribution in [0.4, 0.5) is 8.78 Å². The number of benzene rings is 2. The second kappa shape index (κ2) is 5.27. The molecule has 1 atom stereocenters. The molecule has 0 aromatic heterocycles. The molecule has 0 spiro atoms. The summed E-state index contributed by atoms with van der Waals surface area (Å²) in [5.41, 5.74) is 7.78. The van der Waals surface area contributed by atoms with Crippen LogP contribution in [-0.4, -0.2) is 0 Å². The molecule has 0 saturated carbocycles. The fourth-order valence-electron chi connectivity index (χ4n) is 1.90. The lowest BCUT2D eigenvalue weighted by atomic mass is 9.98. The van der Waals surface area contributed by atoms with E-state index in [1.165, 1.54) is 6.07 Å². The van der Waals surface area contributed by atoms with Gasteiger partial charge in [-0.25, -0.2) is 8.78 Å². The van der Waals surface area contributed by atoms with Gasteiger partial charge in [0.25, 0.3) is 0 Å². The zero-order valence-corrected chi connectivity index (χ0v) is 10.2. The van der Waals surface area contributed by atoms with Gasteiger partial charge in [0, 0.05) is 11.6 Å². The molecule has 0 aliphatic carbocycles. The van der Waals surface area contributed by atoms with Gasteiger partial charge in [-0.05, 0) is 29.7 Å². The van der Waals surface area contributed by atoms with Crippen molar-refractivity contribution in [3.8, 4) is 11.1 Å². The number of rotatable bonds is 3. The third-order valence-corrected chi connectivity index (χ3v) is 3.02. The summed E-state index contributed by atoms with van der Waals surface area (Å²) in [5, 5.41) is 0. The molecular weight excluding hydrogens is 232 g/mol. The Hall–Kier alpha value is -1.74. The highest BCUT2D eigenvalue weighted by Crippen LogP contribution is 2.27. The minimum absolute atomic E-state index is 0.0819. The molecular formula is C15H15F2N. The van der Waals surface area contributed by atoms with E-state index in [0.29, 0.717) is 5.56 Å². The summed E-state index contributed by atoms with van der Waals surface area (Å²) in [5.74, 6) is -1.66. The Morgan fingerprint density at radius 2 is 1.83 bits per heavy atom. The molecule has 94 valence electrons. The highest BCUT2D eigenvalue weighted by Gasteiger charge is 2.11. The van der Waals surface area contributed by atoms with Crippen molar-refractivity contribution >= 4 is 0 Å². The van der Waals surface area contributed by atoms with Crippen LogP contribution >= 0.6 is 0 Å². The normalized spacial score (nSPS) is 12.4. The lowest BCUT2D eigenvalue weighted by Crippen LogP contribution is -2.08. The molecule has 1 unspecified atom stereocenters. The smallest absolute Gasteiger partial charge is 0.166 e. The van der Waals surface area contributed by atoms with Crippen LogP contribution < -0.4 is 5.73 Å². The lowest BCUT2D eigenvalue weighted by molar-refractivity contribution is 0.511. The van der Waals surface area contributed by atoms with Crippen LogP contribution in [-0.2, 0) is 0 Å². The zero-order valence-electron chi connectivity index (χ0n) is 10.2. The van der Waals surface area contributed by atoms with E-state index in [9.17, 15) is 8.78 Å². The summed E-state index contributed by atoms with van der Waals surface area (Å²) in [4.78, 5) is 0. The first-order valence-electron chi connectivity index (χ1n) is 5.93. The van der Waals surface area contributed by atoms with Gasteiger partial charge in [0.05, 0.1) is 0 Å². The van der Waals surface area contributed by atoms with Gasteiger partial charge in [0.2, 0.25) is 0 Å². The molecule has 0 fully saturated rings. The Morgan fingerprint density at radius 1 is 1.11 bits per heavy atom. The first kappa shape index (κ1) is 12.7. The maximum absolute atomic E-state index is 13.7. The molecule has 18 heavy (non-hydrogen) atoms. The molecule has 2 aromatic rings. The van der Waals surface area contributed by atoms with E-state index in [2.05, 4.69) is 0 Å². The molecule has 2 rings (SSSR count). The first-order chi connectivity index (χ1) is 8.63. The maximum Gasteiger partial charge on any atom is 0.166 e. The molecule has 0 heterocycles. The van der Waals surface area contributed by atoms with E-state index >= 15 is 0 Å². The average Bonchev–Trinajstić information content (AvgIpc) is 2.41. The van der Waals surface area contributed by atoms with Gasteiger partial charge < -0.3 is 5.73 Å². The topological polar surface area (TPSA) is 26.0 Å². The molecule has 0 aliphatic heterocycles. The summed E-state index contributed by atoms with van der Waals surface area (Å²) in [6, 6.07) is 11.4. The number of halogens is 2. The van der Waals surface area contributed by atoms with Crippen molar-refractivity contribution in [3.05, 3.63) is 59.7 Å². The van der Waals surface area contributed by atoms with Crippen molar-refractivity contribution < 1.29 is 8.78 Å². The van der Waals surface area contributed by atoms with Crippen molar-refractivity contribution in [2.45, 2.75) is 19.4 Å². The summed E-state index contributed by atoms with van der Waals surface area (Å²) >= 11 is 0. The molecule has 3 heteroatoms. The van der Waals surface area contributed by atoms with Crippen LogP contribution in [0, 0.1) is 11.6 Å². The minimum atomic E-state index is -0.835. The molecule has 2 N–H and O–H groups in total. The van der Waals surface area contributed by atoms with Crippen molar-refractivity contribution in [2.24, 2.45) is 5.73 Å². The van der Waals surface area contributed by atoms with Crippen LogP contribution in [0.2, 0.25) is 0 Å². The standard InChI is InChI=1S/C15H15F2N/c1-2-14(18)11-6-3-5-10(9-11)12-7-4-8-13(16)15(12)17/h3-9,14H,2,18H2,1H3. The monoisotopic (exact) mass is 247 g/mol. The van der Waals surface area contributed by atoms with E-state index in [4.69, 9.17) is 5.73 Å². The van der Waals surface area contributed by atoms with Crippen LogP contribution in [0.1, 0.15) is 24.9 Å². The van der Waals surface area contributed by atoms with E-state index in [1.54, 1.807) is 12.1 Å². The summed E-state index contributed by atoms with van der Waals surface area (Å²) in [7, 11) is 0. The average molecular weight is 247 g/mol. The first-order valence-corrected chi connectivity index (χ1v) is 5.93. The van der Waals surface area contributed by atoms with Gasteiger partial charge in [-0.1, -0.05) is 37.3 Å². The number of hydrogen-bond acceptors (Lipinski definition) is 1. The molecule has 2 aromatic carbocycles. The van der Waals surface area contributed by atoms with E-state index < -0.39 is 11.6 Å². The maximum atomic E-state index is 13.7. The minimum Gasteiger partial charge on any atom is -0.324 e. The second-order valence-electron chi connectivity index (χ2n) is 4.24. The van der Waals surface area contributed by atoms with Crippen molar-refractivity contribution in [1.29, 1.82) is 0 Å². The van der Waals surface area contributed by atoms with E-state index in [-0.39, 0.29) is 11.6 Å². The van der Waals surface area contributed by atoms with Gasteiger partial charge in [0.15, 0.2) is 11.6 Å². The highest BCUT2D eigenvalue weighted by atomic mass is 19.2. The molecule has 0 bridgehead atoms. The van der Waals surface area contributed by atoms with Crippen LogP contribution in [0.25, 0.3) is 11.1 Å². The van der Waals surface area contributed by atoms with Crippen molar-refractivity contribution in [2.75, 3.05) is 0 Å². The van der Waals surface area contributed by atoms with Gasteiger partial charge in [-0.2, -0.15) is 0 Å². The Kier molecular flexibility index (Phi) is 3.72. The number of nitrogens with two attached hydrogens (primary N) is 1. The van der Waals surface area contributed by atoms with Gasteiger partial charge in [-0.15, -0.1) is 0 Å². The molecule has 1 nitrogen and oxygen atoms in total. The molecule has 0 saturated heterocycles. The van der Waals surface area contributed by atoms with Crippen molar-refractivity contribution in [1.82, 2.24) is 0 Å². The van der Waals surface area contributed by atoms with E-state index in [1.807, 2.05) is 25.1 Å². The zero-order chi connectivity index (χ0) is 13.1. The van der Waals surface area contributed by atoms with Crippen LogP contribution in [0.5, 0.6) is 0 Å². The molecule has 0 aliphatic rings. The van der Waals surface area contributed by atoms with Gasteiger partial charge >= 0.3 is 0 Å². The van der Waals surface area contributed by atoms with Crippen LogP contribution in [0.3, 0.4) is 0 Å². The van der Waals surface area contributed by atoms with E-state index in [0.717, 1.165) is 18.1 Å². The van der Waals surface area contributed by atoms with Gasteiger partial charge in [0.1, 0.15) is 0 Å². The second-order valence-corrected chi connectivity index (χ2v) is 4.24. The van der Waals surface area contributed by atoms with Crippen molar-refractivity contribution in [3.63, 3.8) is 0 Å². The predicted octanol–water partition coefficient (Wildman–Crippen LogP) is 4.04. The third kappa shape index (κ3) is 2.41. The SMILES string of the molecule is CCC(N)c1cccc(-c2cccc(F)c2F)c1. The Labute approximate surface area is 105 Å². The fourth-order valence-corrected chi connectivity index (χ4v) is 1.90. The van der Waals surface area contributed by atoms with Crippen LogP contribution in [0.15, 0.2) is 42.5 Å². The summed E-state index contributed by atoms with van der Waals surface area (Å²) in [6.45, 7) is 1.99. The largest absolute Gasteiger partial charge is 0.324 e. The summed E-state index contributed by atoms with van der Waals surface area (Å²) < 4.78 is 26.9. The molecule has 0 amide bonds. The predicted molar refractivity (Wildman–Crippen MR) is 69.0 cm³/mol. The molecule has 0 radical (unpaired) electrons. The fraction of sp³-hybridized carbons (Fsp3) is 0.200. The lowest BCUT2D eigenvalue weighted by Gasteiger charge is -2.11. The highest BCUT2D eigenvalue weighted by molar-refractivity contribution is 5.65. The Morgan fingerprint density at radius 3 is 2.56 bits per heavy atom.